The van der Waals surface area contributed by atoms with Crippen molar-refractivity contribution in [2.24, 2.45) is 0 Å². The maximum absolute atomic E-state index is 12.9. The van der Waals surface area contributed by atoms with Crippen molar-refractivity contribution in [2.75, 3.05) is 26.3 Å². The summed E-state index contributed by atoms with van der Waals surface area (Å²) in [4.78, 5) is 0. The Kier molecular flexibility index (Phi) is 6.86. The second-order valence-electron chi connectivity index (χ2n) is 4.34. The minimum absolute atomic E-state index is 0.198. The highest BCUT2D eigenvalue weighted by atomic mass is 19.1. The van der Waals surface area contributed by atoms with Gasteiger partial charge in [0.25, 0.3) is 0 Å². The van der Waals surface area contributed by atoms with Crippen LogP contribution in [0.4, 0.5) is 4.39 Å². The Balaban J connectivity index is 2.21. The molecule has 1 atom stereocenters. The highest BCUT2D eigenvalue weighted by molar-refractivity contribution is 5.26. The summed E-state index contributed by atoms with van der Waals surface area (Å²) in [6, 6.07) is 4.83. The van der Waals surface area contributed by atoms with Crippen molar-refractivity contribution in [2.45, 2.75) is 26.4 Å². The van der Waals surface area contributed by atoms with Crippen LogP contribution in [0.2, 0.25) is 0 Å². The first-order chi connectivity index (χ1) is 8.63. The molecular weight excluding hydrogens is 233 g/mol. The van der Waals surface area contributed by atoms with E-state index in [2.05, 4.69) is 5.32 Å². The molecule has 0 bridgehead atoms. The Hall–Kier alpha value is -0.970. The molecule has 0 aliphatic carbocycles. The number of halogens is 1. The summed E-state index contributed by atoms with van der Waals surface area (Å²) < 4.78 is 18.0. The van der Waals surface area contributed by atoms with Gasteiger partial charge in [-0.1, -0.05) is 6.07 Å². The van der Waals surface area contributed by atoms with Gasteiger partial charge < -0.3 is 15.2 Å². The smallest absolute Gasteiger partial charge is 0.123 e. The van der Waals surface area contributed by atoms with Crippen molar-refractivity contribution >= 4 is 0 Å². The Morgan fingerprint density at radius 2 is 2.22 bits per heavy atom. The van der Waals surface area contributed by atoms with Crippen LogP contribution < -0.4 is 5.32 Å². The van der Waals surface area contributed by atoms with Crippen molar-refractivity contribution in [3.63, 3.8) is 0 Å². The number of hydrogen-bond donors (Lipinski definition) is 2. The van der Waals surface area contributed by atoms with Gasteiger partial charge in [-0.2, -0.15) is 0 Å². The molecule has 102 valence electrons. The molecule has 1 unspecified atom stereocenters. The van der Waals surface area contributed by atoms with E-state index >= 15 is 0 Å². The topological polar surface area (TPSA) is 41.5 Å². The van der Waals surface area contributed by atoms with Gasteiger partial charge in [0.2, 0.25) is 0 Å². The molecule has 1 aromatic carbocycles. The largest absolute Gasteiger partial charge is 0.389 e. The van der Waals surface area contributed by atoms with Gasteiger partial charge in [-0.3, -0.25) is 0 Å². The zero-order valence-corrected chi connectivity index (χ0v) is 11.1. The first-order valence-electron chi connectivity index (χ1n) is 6.35. The number of aliphatic hydroxyl groups is 1. The van der Waals surface area contributed by atoms with Crippen LogP contribution in [0, 0.1) is 12.7 Å². The lowest BCUT2D eigenvalue weighted by atomic mass is 10.1. The van der Waals surface area contributed by atoms with Gasteiger partial charge in [-0.15, -0.1) is 0 Å². The summed E-state index contributed by atoms with van der Waals surface area (Å²) in [5.41, 5.74) is 2.09. The van der Waals surface area contributed by atoms with E-state index < -0.39 is 6.10 Å². The van der Waals surface area contributed by atoms with Crippen LogP contribution >= 0.6 is 0 Å². The lowest BCUT2D eigenvalue weighted by molar-refractivity contribution is 0.0430. The lowest BCUT2D eigenvalue weighted by Crippen LogP contribution is -2.31. The third-order valence-corrected chi connectivity index (χ3v) is 2.77. The molecule has 0 heterocycles. The zero-order chi connectivity index (χ0) is 13.4. The molecule has 0 saturated carbocycles. The van der Waals surface area contributed by atoms with Crippen LogP contribution in [-0.4, -0.2) is 37.5 Å². The Morgan fingerprint density at radius 1 is 1.44 bits per heavy atom. The van der Waals surface area contributed by atoms with Crippen LogP contribution in [0.5, 0.6) is 0 Å². The number of aliphatic hydroxyl groups excluding tert-OH is 1. The van der Waals surface area contributed by atoms with Gasteiger partial charge in [-0.25, -0.2) is 4.39 Å². The van der Waals surface area contributed by atoms with E-state index in [0.29, 0.717) is 19.8 Å². The fraction of sp³-hybridized carbons (Fsp3) is 0.571. The van der Waals surface area contributed by atoms with Gasteiger partial charge in [0, 0.05) is 13.2 Å². The zero-order valence-electron chi connectivity index (χ0n) is 11.1. The maximum Gasteiger partial charge on any atom is 0.123 e. The van der Waals surface area contributed by atoms with Crippen LogP contribution in [0.3, 0.4) is 0 Å². The van der Waals surface area contributed by atoms with E-state index in [9.17, 15) is 9.50 Å². The molecule has 1 aromatic rings. The highest BCUT2D eigenvalue weighted by Crippen LogP contribution is 2.10. The Labute approximate surface area is 108 Å². The maximum atomic E-state index is 12.9. The van der Waals surface area contributed by atoms with E-state index in [0.717, 1.165) is 24.1 Å². The SMILES string of the molecule is CCOCC(O)CNCCc1ccc(F)cc1C. The standard InChI is InChI=1S/C14H22FNO2/c1-3-18-10-14(17)9-16-7-6-12-4-5-13(15)8-11(12)2/h4-5,8,14,16-17H,3,6-7,9-10H2,1-2H3. The third-order valence-electron chi connectivity index (χ3n) is 2.77. The number of ether oxygens (including phenoxy) is 1. The van der Waals surface area contributed by atoms with E-state index in [1.54, 1.807) is 6.07 Å². The number of nitrogens with one attached hydrogen (secondary N) is 1. The van der Waals surface area contributed by atoms with E-state index in [1.165, 1.54) is 6.07 Å². The van der Waals surface area contributed by atoms with E-state index in [1.807, 2.05) is 19.9 Å². The van der Waals surface area contributed by atoms with Gasteiger partial charge in [0.15, 0.2) is 0 Å². The van der Waals surface area contributed by atoms with Crippen molar-refractivity contribution in [1.82, 2.24) is 5.32 Å². The van der Waals surface area contributed by atoms with Crippen LogP contribution in [0.25, 0.3) is 0 Å². The number of benzene rings is 1. The fourth-order valence-corrected chi connectivity index (χ4v) is 1.74. The minimum atomic E-state index is -0.473. The first kappa shape index (κ1) is 15.1. The monoisotopic (exact) mass is 255 g/mol. The van der Waals surface area contributed by atoms with Crippen molar-refractivity contribution in [1.29, 1.82) is 0 Å². The highest BCUT2D eigenvalue weighted by Gasteiger charge is 2.04. The second-order valence-corrected chi connectivity index (χ2v) is 4.34. The predicted octanol–water partition coefficient (Wildman–Crippen LogP) is 1.66. The number of rotatable bonds is 8. The molecule has 3 nitrogen and oxygen atoms in total. The van der Waals surface area contributed by atoms with Crippen molar-refractivity contribution in [3.05, 3.63) is 35.1 Å². The average molecular weight is 255 g/mol. The molecule has 0 amide bonds. The number of hydrogen-bond acceptors (Lipinski definition) is 3. The molecule has 0 spiro atoms. The van der Waals surface area contributed by atoms with Gasteiger partial charge in [0.1, 0.15) is 5.82 Å². The normalized spacial score (nSPS) is 12.7. The quantitative estimate of drug-likeness (QED) is 0.694. The minimum Gasteiger partial charge on any atom is -0.389 e. The average Bonchev–Trinajstić information content (AvgIpc) is 2.34. The fourth-order valence-electron chi connectivity index (χ4n) is 1.74. The summed E-state index contributed by atoms with van der Waals surface area (Å²) in [6.45, 7) is 6.06. The molecule has 0 aromatic heterocycles. The van der Waals surface area contributed by atoms with Gasteiger partial charge in [0.05, 0.1) is 12.7 Å². The molecule has 0 aliphatic rings. The summed E-state index contributed by atoms with van der Waals surface area (Å²) in [5, 5.41) is 12.7. The summed E-state index contributed by atoms with van der Waals surface area (Å²) in [6.07, 6.45) is 0.354. The molecule has 1 rings (SSSR count). The Bertz CT molecular complexity index is 358. The molecule has 0 fully saturated rings. The molecule has 0 saturated heterocycles. The molecule has 0 aliphatic heterocycles. The Morgan fingerprint density at radius 3 is 2.89 bits per heavy atom. The van der Waals surface area contributed by atoms with Gasteiger partial charge in [-0.05, 0) is 50.1 Å². The molecular formula is C14H22FNO2. The predicted molar refractivity (Wildman–Crippen MR) is 70.2 cm³/mol. The van der Waals surface area contributed by atoms with E-state index in [-0.39, 0.29) is 5.82 Å². The van der Waals surface area contributed by atoms with Crippen LogP contribution in [0.15, 0.2) is 18.2 Å². The molecule has 4 heteroatoms. The van der Waals surface area contributed by atoms with Crippen LogP contribution in [-0.2, 0) is 11.2 Å². The van der Waals surface area contributed by atoms with E-state index in [4.69, 9.17) is 4.74 Å². The third kappa shape index (κ3) is 5.58. The van der Waals surface area contributed by atoms with Crippen molar-refractivity contribution in [3.8, 4) is 0 Å². The summed E-state index contributed by atoms with van der Waals surface area (Å²) in [7, 11) is 0. The summed E-state index contributed by atoms with van der Waals surface area (Å²) in [5.74, 6) is -0.198. The molecule has 18 heavy (non-hydrogen) atoms. The second kappa shape index (κ2) is 8.19. The lowest BCUT2D eigenvalue weighted by Gasteiger charge is -2.12. The van der Waals surface area contributed by atoms with Crippen molar-refractivity contribution < 1.29 is 14.2 Å². The summed E-state index contributed by atoms with van der Waals surface area (Å²) >= 11 is 0. The molecule has 2 N–H and O–H groups in total. The molecule has 0 radical (unpaired) electrons. The van der Waals surface area contributed by atoms with Crippen LogP contribution in [0.1, 0.15) is 18.1 Å². The van der Waals surface area contributed by atoms with Gasteiger partial charge >= 0.3 is 0 Å². The number of aryl methyl sites for hydroxylation is 1. The first-order valence-corrected chi connectivity index (χ1v) is 6.35.